The molecule has 0 amide bonds. The van der Waals surface area contributed by atoms with Gasteiger partial charge < -0.3 is 5.32 Å². The van der Waals surface area contributed by atoms with Gasteiger partial charge in [-0.25, -0.2) is 0 Å². The van der Waals surface area contributed by atoms with E-state index in [1.807, 2.05) is 29.5 Å². The SMILES string of the molecule is Clc1ccc(NC2CCCc3sc(Br)cc32)cc1Br. The van der Waals surface area contributed by atoms with E-state index in [2.05, 4.69) is 43.2 Å². The third-order valence-corrected chi connectivity index (χ3v) is 6.27. The van der Waals surface area contributed by atoms with E-state index in [0.29, 0.717) is 6.04 Å². The molecule has 0 fully saturated rings. The molecule has 1 nitrogen and oxygen atoms in total. The number of anilines is 1. The Morgan fingerprint density at radius 1 is 1.26 bits per heavy atom. The topological polar surface area (TPSA) is 12.0 Å². The number of hydrogen-bond donors (Lipinski definition) is 1. The number of rotatable bonds is 2. The van der Waals surface area contributed by atoms with Crippen LogP contribution in [0.2, 0.25) is 5.02 Å². The summed E-state index contributed by atoms with van der Waals surface area (Å²) < 4.78 is 2.16. The second-order valence-electron chi connectivity index (χ2n) is 4.65. The van der Waals surface area contributed by atoms with Crippen LogP contribution in [0.3, 0.4) is 0 Å². The van der Waals surface area contributed by atoms with Gasteiger partial charge in [0.15, 0.2) is 0 Å². The Labute approximate surface area is 138 Å². The molecule has 1 aliphatic carbocycles. The Kier molecular flexibility index (Phi) is 4.22. The maximum absolute atomic E-state index is 6.03. The molecule has 0 saturated heterocycles. The molecule has 5 heteroatoms. The van der Waals surface area contributed by atoms with Gasteiger partial charge in [-0.1, -0.05) is 11.6 Å². The zero-order chi connectivity index (χ0) is 13.4. The van der Waals surface area contributed by atoms with Crippen molar-refractivity contribution in [1.29, 1.82) is 0 Å². The van der Waals surface area contributed by atoms with E-state index in [9.17, 15) is 0 Å². The van der Waals surface area contributed by atoms with Crippen molar-refractivity contribution in [2.75, 3.05) is 5.32 Å². The van der Waals surface area contributed by atoms with Gasteiger partial charge in [0.25, 0.3) is 0 Å². The number of thiophene rings is 1. The molecular formula is C14H12Br2ClNS. The van der Waals surface area contributed by atoms with Gasteiger partial charge in [0.1, 0.15) is 0 Å². The van der Waals surface area contributed by atoms with Crippen molar-refractivity contribution in [3.05, 3.63) is 48.0 Å². The van der Waals surface area contributed by atoms with Crippen LogP contribution < -0.4 is 5.32 Å². The van der Waals surface area contributed by atoms with E-state index in [1.165, 1.54) is 33.5 Å². The van der Waals surface area contributed by atoms with E-state index < -0.39 is 0 Å². The van der Waals surface area contributed by atoms with Crippen LogP contribution in [0.25, 0.3) is 0 Å². The fraction of sp³-hybridized carbons (Fsp3) is 0.286. The summed E-state index contributed by atoms with van der Waals surface area (Å²) in [7, 11) is 0. The highest BCUT2D eigenvalue weighted by molar-refractivity contribution is 9.11. The minimum atomic E-state index is 0.402. The summed E-state index contributed by atoms with van der Waals surface area (Å²) in [4.78, 5) is 1.50. The normalized spacial score (nSPS) is 18.2. The molecule has 1 unspecified atom stereocenters. The van der Waals surface area contributed by atoms with Gasteiger partial charge in [0.2, 0.25) is 0 Å². The number of nitrogens with one attached hydrogen (secondary N) is 1. The minimum Gasteiger partial charge on any atom is -0.378 e. The van der Waals surface area contributed by atoms with Crippen LogP contribution in [0.4, 0.5) is 5.69 Å². The zero-order valence-electron chi connectivity index (χ0n) is 10.1. The van der Waals surface area contributed by atoms with Crippen LogP contribution in [-0.4, -0.2) is 0 Å². The summed E-state index contributed by atoms with van der Waals surface area (Å²) in [5, 5.41) is 4.36. The molecule has 100 valence electrons. The Hall–Kier alpha value is -0.0300. The quantitative estimate of drug-likeness (QED) is 0.590. The van der Waals surface area contributed by atoms with E-state index >= 15 is 0 Å². The summed E-state index contributed by atoms with van der Waals surface area (Å²) in [6.45, 7) is 0. The Morgan fingerprint density at radius 2 is 2.11 bits per heavy atom. The standard InChI is InChI=1S/C14H12Br2ClNS/c15-10-6-8(4-5-11(10)17)18-12-2-1-3-13-9(12)7-14(16)19-13/h4-7,12,18H,1-3H2. The summed E-state index contributed by atoms with van der Waals surface area (Å²) in [5.74, 6) is 0. The van der Waals surface area contributed by atoms with Gasteiger partial charge in [-0.2, -0.15) is 0 Å². The van der Waals surface area contributed by atoms with Crippen molar-refractivity contribution in [1.82, 2.24) is 0 Å². The summed E-state index contributed by atoms with van der Waals surface area (Å²) in [6, 6.07) is 8.64. The van der Waals surface area contributed by atoms with Gasteiger partial charge in [0, 0.05) is 15.0 Å². The summed E-state index contributed by atoms with van der Waals surface area (Å²) in [5.41, 5.74) is 2.55. The predicted octanol–water partition coefficient (Wildman–Crippen LogP) is 6.42. The molecule has 0 bridgehead atoms. The van der Waals surface area contributed by atoms with Crippen LogP contribution in [0.1, 0.15) is 29.3 Å². The van der Waals surface area contributed by atoms with Crippen molar-refractivity contribution < 1.29 is 0 Å². The molecule has 1 aliphatic rings. The molecule has 2 aromatic rings. The number of aryl methyl sites for hydroxylation is 1. The van der Waals surface area contributed by atoms with E-state index in [-0.39, 0.29) is 0 Å². The molecule has 0 saturated carbocycles. The second kappa shape index (κ2) is 5.76. The second-order valence-corrected chi connectivity index (χ2v) is 8.42. The van der Waals surface area contributed by atoms with Crippen molar-refractivity contribution in [2.45, 2.75) is 25.3 Å². The highest BCUT2D eigenvalue weighted by Gasteiger charge is 2.22. The molecule has 0 aliphatic heterocycles. The fourth-order valence-electron chi connectivity index (χ4n) is 2.46. The molecule has 0 radical (unpaired) electrons. The Morgan fingerprint density at radius 3 is 2.89 bits per heavy atom. The lowest BCUT2D eigenvalue weighted by atomic mass is 9.94. The maximum Gasteiger partial charge on any atom is 0.0705 e. The number of fused-ring (bicyclic) bond motifs is 1. The largest absolute Gasteiger partial charge is 0.378 e. The van der Waals surface area contributed by atoms with Gasteiger partial charge in [-0.15, -0.1) is 11.3 Å². The minimum absolute atomic E-state index is 0.402. The van der Waals surface area contributed by atoms with E-state index in [0.717, 1.165) is 15.2 Å². The lowest BCUT2D eigenvalue weighted by molar-refractivity contribution is 0.609. The van der Waals surface area contributed by atoms with Crippen LogP contribution in [0.15, 0.2) is 32.5 Å². The molecule has 1 heterocycles. The highest BCUT2D eigenvalue weighted by Crippen LogP contribution is 2.40. The molecule has 0 spiro atoms. The van der Waals surface area contributed by atoms with Gasteiger partial charge in [0.05, 0.1) is 14.9 Å². The van der Waals surface area contributed by atoms with Gasteiger partial charge in [-0.05, 0) is 81.0 Å². The molecule has 1 aromatic heterocycles. The first-order chi connectivity index (χ1) is 9.13. The lowest BCUT2D eigenvalue weighted by Crippen LogP contribution is -2.15. The first-order valence-corrected chi connectivity index (χ1v) is 8.91. The third kappa shape index (κ3) is 3.02. The Bertz CT molecular complexity index is 611. The number of halogens is 3. The van der Waals surface area contributed by atoms with E-state index in [1.54, 1.807) is 0 Å². The smallest absolute Gasteiger partial charge is 0.0705 e. The zero-order valence-corrected chi connectivity index (χ0v) is 14.8. The molecule has 1 N–H and O–H groups in total. The monoisotopic (exact) mass is 419 g/mol. The third-order valence-electron chi connectivity index (χ3n) is 3.34. The number of hydrogen-bond acceptors (Lipinski definition) is 2. The van der Waals surface area contributed by atoms with Crippen LogP contribution in [-0.2, 0) is 6.42 Å². The molecular weight excluding hydrogens is 409 g/mol. The summed E-state index contributed by atoms with van der Waals surface area (Å²) >= 11 is 14.9. The molecule has 1 aromatic carbocycles. The maximum atomic E-state index is 6.03. The number of benzene rings is 1. The highest BCUT2D eigenvalue weighted by atomic mass is 79.9. The Balaban J connectivity index is 1.86. The molecule has 3 rings (SSSR count). The molecule has 19 heavy (non-hydrogen) atoms. The van der Waals surface area contributed by atoms with Gasteiger partial charge in [-0.3, -0.25) is 0 Å². The first-order valence-electron chi connectivity index (χ1n) is 6.13. The van der Waals surface area contributed by atoms with Crippen LogP contribution in [0, 0.1) is 0 Å². The lowest BCUT2D eigenvalue weighted by Gasteiger charge is -2.24. The first kappa shape index (κ1) is 13.9. The molecule has 1 atom stereocenters. The average molecular weight is 422 g/mol. The van der Waals surface area contributed by atoms with Crippen molar-refractivity contribution >= 4 is 60.5 Å². The average Bonchev–Trinajstić information content (AvgIpc) is 2.75. The van der Waals surface area contributed by atoms with Crippen LogP contribution in [0.5, 0.6) is 0 Å². The van der Waals surface area contributed by atoms with Crippen LogP contribution >= 0.6 is 54.8 Å². The van der Waals surface area contributed by atoms with E-state index in [4.69, 9.17) is 11.6 Å². The summed E-state index contributed by atoms with van der Waals surface area (Å²) in [6.07, 6.45) is 3.62. The van der Waals surface area contributed by atoms with Crippen molar-refractivity contribution in [2.24, 2.45) is 0 Å². The fourth-order valence-corrected chi connectivity index (χ4v) is 4.77. The van der Waals surface area contributed by atoms with Crippen molar-refractivity contribution in [3.63, 3.8) is 0 Å². The van der Waals surface area contributed by atoms with Crippen molar-refractivity contribution in [3.8, 4) is 0 Å². The van der Waals surface area contributed by atoms with Gasteiger partial charge >= 0.3 is 0 Å². The predicted molar refractivity (Wildman–Crippen MR) is 90.5 cm³/mol.